The van der Waals surface area contributed by atoms with E-state index in [1.807, 2.05) is 37.3 Å². The van der Waals surface area contributed by atoms with Crippen LogP contribution >= 0.6 is 0 Å². The number of hydrogen-bond acceptors (Lipinski definition) is 4. The maximum atomic E-state index is 10.8. The van der Waals surface area contributed by atoms with E-state index in [1.54, 1.807) is 0 Å². The van der Waals surface area contributed by atoms with Gasteiger partial charge < -0.3 is 5.11 Å². The Balaban J connectivity index is 2.03. The number of aromatic nitrogens is 4. The van der Waals surface area contributed by atoms with Gasteiger partial charge in [0.1, 0.15) is 0 Å². The van der Waals surface area contributed by atoms with Crippen molar-refractivity contribution >= 4 is 16.9 Å². The van der Waals surface area contributed by atoms with Gasteiger partial charge in [0.2, 0.25) is 0 Å². The summed E-state index contributed by atoms with van der Waals surface area (Å²) in [5.74, 6) is -1.08. The number of aryl methyl sites for hydroxylation is 1. The molecule has 0 aliphatic carbocycles. The molecule has 1 aromatic carbocycles. The Morgan fingerprint density at radius 3 is 2.90 bits per heavy atom. The fourth-order valence-electron chi connectivity index (χ4n) is 2.17. The van der Waals surface area contributed by atoms with Crippen LogP contribution in [0.2, 0.25) is 0 Å². The number of fused-ring (bicyclic) bond motifs is 1. The van der Waals surface area contributed by atoms with Crippen LogP contribution in [0.25, 0.3) is 10.9 Å². The largest absolute Gasteiger partial charge is 0.476 e. The summed E-state index contributed by atoms with van der Waals surface area (Å²) in [6.07, 6.45) is 1.42. The second kappa shape index (κ2) is 4.73. The molecule has 0 radical (unpaired) electrons. The van der Waals surface area contributed by atoms with Crippen LogP contribution in [-0.4, -0.2) is 31.1 Å². The Morgan fingerprint density at radius 2 is 2.15 bits per heavy atom. The van der Waals surface area contributed by atoms with Gasteiger partial charge in [-0.15, -0.1) is 5.10 Å². The first kappa shape index (κ1) is 12.3. The van der Waals surface area contributed by atoms with E-state index < -0.39 is 5.97 Å². The van der Waals surface area contributed by atoms with Gasteiger partial charge >= 0.3 is 5.97 Å². The molecule has 0 fully saturated rings. The van der Waals surface area contributed by atoms with E-state index in [0.717, 1.165) is 22.2 Å². The van der Waals surface area contributed by atoms with Crippen molar-refractivity contribution in [1.29, 1.82) is 0 Å². The van der Waals surface area contributed by atoms with E-state index in [4.69, 9.17) is 5.11 Å². The van der Waals surface area contributed by atoms with Gasteiger partial charge in [-0.3, -0.25) is 4.98 Å². The minimum absolute atomic E-state index is 0.0555. The lowest BCUT2D eigenvalue weighted by molar-refractivity contribution is 0.0690. The molecule has 1 N–H and O–H groups in total. The van der Waals surface area contributed by atoms with Gasteiger partial charge in [-0.25, -0.2) is 9.48 Å². The van der Waals surface area contributed by atoms with Crippen LogP contribution in [0, 0.1) is 6.92 Å². The predicted octanol–water partition coefficient (Wildman–Crippen LogP) is 1.88. The van der Waals surface area contributed by atoms with Crippen molar-refractivity contribution in [3.8, 4) is 0 Å². The summed E-state index contributed by atoms with van der Waals surface area (Å²) in [4.78, 5) is 15.3. The average Bonchev–Trinajstić information content (AvgIpc) is 2.87. The molecule has 0 saturated carbocycles. The zero-order valence-corrected chi connectivity index (χ0v) is 10.8. The third-order valence-corrected chi connectivity index (χ3v) is 3.02. The summed E-state index contributed by atoms with van der Waals surface area (Å²) in [6, 6.07) is 9.82. The van der Waals surface area contributed by atoms with Gasteiger partial charge in [-0.05, 0) is 24.6 Å². The molecule has 0 bridgehead atoms. The van der Waals surface area contributed by atoms with Gasteiger partial charge in [0.05, 0.1) is 18.3 Å². The minimum atomic E-state index is -1.08. The zero-order chi connectivity index (χ0) is 14.1. The first-order chi connectivity index (χ1) is 9.63. The zero-order valence-electron chi connectivity index (χ0n) is 10.8. The van der Waals surface area contributed by atoms with E-state index in [0.29, 0.717) is 6.54 Å². The number of hydrogen-bond donors (Lipinski definition) is 1. The lowest BCUT2D eigenvalue weighted by Crippen LogP contribution is -2.02. The number of benzene rings is 1. The van der Waals surface area contributed by atoms with Crippen molar-refractivity contribution in [2.75, 3.05) is 0 Å². The first-order valence-corrected chi connectivity index (χ1v) is 6.12. The number of nitrogens with zero attached hydrogens (tertiary/aromatic N) is 4. The number of para-hydroxylation sites is 1. The molecule has 6 nitrogen and oxygen atoms in total. The SMILES string of the molecule is Cc1cc(Cn2cc(C(=O)O)nn2)c2ccccc2n1. The van der Waals surface area contributed by atoms with Crippen molar-refractivity contribution in [1.82, 2.24) is 20.0 Å². The van der Waals surface area contributed by atoms with Crippen molar-refractivity contribution in [2.24, 2.45) is 0 Å². The van der Waals surface area contributed by atoms with Gasteiger partial charge in [-0.1, -0.05) is 23.4 Å². The lowest BCUT2D eigenvalue weighted by Gasteiger charge is -2.07. The van der Waals surface area contributed by atoms with Crippen LogP contribution in [0.4, 0.5) is 0 Å². The Hall–Kier alpha value is -2.76. The minimum Gasteiger partial charge on any atom is -0.476 e. The van der Waals surface area contributed by atoms with Gasteiger partial charge in [-0.2, -0.15) is 0 Å². The highest BCUT2D eigenvalue weighted by Gasteiger charge is 2.10. The Labute approximate surface area is 114 Å². The highest BCUT2D eigenvalue weighted by Crippen LogP contribution is 2.19. The summed E-state index contributed by atoms with van der Waals surface area (Å²) in [5, 5.41) is 17.3. The third kappa shape index (κ3) is 2.23. The van der Waals surface area contributed by atoms with E-state index in [2.05, 4.69) is 15.3 Å². The van der Waals surface area contributed by atoms with Crippen molar-refractivity contribution in [2.45, 2.75) is 13.5 Å². The van der Waals surface area contributed by atoms with E-state index in [1.165, 1.54) is 10.9 Å². The maximum absolute atomic E-state index is 10.8. The standard InChI is InChI=1S/C14H12N4O2/c1-9-6-10(11-4-2-3-5-12(11)15-9)7-18-8-13(14(19)20)16-17-18/h2-6,8H,7H2,1H3,(H,19,20). The molecular formula is C14H12N4O2. The fraction of sp³-hybridized carbons (Fsp3) is 0.143. The van der Waals surface area contributed by atoms with E-state index in [-0.39, 0.29) is 5.69 Å². The Kier molecular flexibility index (Phi) is 2.90. The van der Waals surface area contributed by atoms with Gasteiger partial charge in [0.15, 0.2) is 5.69 Å². The molecule has 3 rings (SSSR count). The first-order valence-electron chi connectivity index (χ1n) is 6.12. The van der Waals surface area contributed by atoms with Gasteiger partial charge in [0, 0.05) is 11.1 Å². The molecule has 0 saturated heterocycles. The molecule has 3 aromatic rings. The molecule has 0 aliphatic rings. The topological polar surface area (TPSA) is 80.9 Å². The number of carbonyl (C=O) groups is 1. The van der Waals surface area contributed by atoms with E-state index in [9.17, 15) is 4.79 Å². The number of rotatable bonds is 3. The summed E-state index contributed by atoms with van der Waals surface area (Å²) in [6.45, 7) is 2.39. The molecule has 2 aromatic heterocycles. The van der Waals surface area contributed by atoms with Crippen molar-refractivity contribution in [3.05, 3.63) is 53.5 Å². The smallest absolute Gasteiger partial charge is 0.358 e. The molecule has 0 spiro atoms. The quantitative estimate of drug-likeness (QED) is 0.784. The van der Waals surface area contributed by atoms with Crippen LogP contribution in [0.1, 0.15) is 21.7 Å². The second-order valence-corrected chi connectivity index (χ2v) is 4.55. The lowest BCUT2D eigenvalue weighted by atomic mass is 10.1. The average molecular weight is 268 g/mol. The maximum Gasteiger partial charge on any atom is 0.358 e. The van der Waals surface area contributed by atoms with Crippen molar-refractivity contribution < 1.29 is 9.90 Å². The van der Waals surface area contributed by atoms with Crippen LogP contribution < -0.4 is 0 Å². The fourth-order valence-corrected chi connectivity index (χ4v) is 2.17. The summed E-state index contributed by atoms with van der Waals surface area (Å²) in [5.41, 5.74) is 2.81. The molecule has 100 valence electrons. The summed E-state index contributed by atoms with van der Waals surface area (Å²) in [7, 11) is 0. The highest BCUT2D eigenvalue weighted by atomic mass is 16.4. The number of carboxylic acids is 1. The van der Waals surface area contributed by atoms with Gasteiger partial charge in [0.25, 0.3) is 0 Å². The summed E-state index contributed by atoms with van der Waals surface area (Å²) >= 11 is 0. The highest BCUT2D eigenvalue weighted by molar-refractivity contribution is 5.85. The Bertz CT molecular complexity index is 795. The monoisotopic (exact) mass is 268 g/mol. The normalized spacial score (nSPS) is 10.8. The predicted molar refractivity (Wildman–Crippen MR) is 72.6 cm³/mol. The van der Waals surface area contributed by atoms with Crippen LogP contribution in [-0.2, 0) is 6.54 Å². The molecule has 0 aliphatic heterocycles. The van der Waals surface area contributed by atoms with E-state index >= 15 is 0 Å². The molecule has 0 atom stereocenters. The number of aromatic carboxylic acids is 1. The second-order valence-electron chi connectivity index (χ2n) is 4.55. The molecule has 2 heterocycles. The molecular weight excluding hydrogens is 256 g/mol. The number of carboxylic acid groups (broad SMARTS) is 1. The summed E-state index contributed by atoms with van der Waals surface area (Å²) < 4.78 is 1.52. The van der Waals surface area contributed by atoms with Crippen LogP contribution in [0.3, 0.4) is 0 Å². The molecule has 6 heteroatoms. The molecule has 20 heavy (non-hydrogen) atoms. The molecule has 0 unspecified atom stereocenters. The van der Waals surface area contributed by atoms with Crippen molar-refractivity contribution in [3.63, 3.8) is 0 Å². The molecule has 0 amide bonds. The van der Waals surface area contributed by atoms with Crippen LogP contribution in [0.15, 0.2) is 36.5 Å². The Morgan fingerprint density at radius 1 is 1.35 bits per heavy atom. The number of pyridine rings is 1. The van der Waals surface area contributed by atoms with Crippen LogP contribution in [0.5, 0.6) is 0 Å². The third-order valence-electron chi connectivity index (χ3n) is 3.02.